The van der Waals surface area contributed by atoms with Crippen LogP contribution in [0.15, 0.2) is 23.8 Å². The van der Waals surface area contributed by atoms with Crippen LogP contribution >= 0.6 is 6.72 Å². The Balaban J connectivity index is 1.20. The smallest absolute Gasteiger partial charge is 0.450 e. The van der Waals surface area contributed by atoms with Crippen LogP contribution in [0.2, 0.25) is 0 Å². The Morgan fingerprint density at radius 3 is 2.44 bits per heavy atom. The molecule has 0 radical (unpaired) electrons. The van der Waals surface area contributed by atoms with Crippen LogP contribution in [0.25, 0.3) is 22.3 Å². The number of nitrogen functional groups attached to an aromatic ring is 2. The minimum absolute atomic E-state index is 0.0496. The number of nitrogens with one attached hydrogen (secondary N) is 1. The summed E-state index contributed by atoms with van der Waals surface area (Å²) in [6.07, 6.45) is -10.7. The maximum Gasteiger partial charge on any atom is 0.505 e. The first-order valence-corrected chi connectivity index (χ1v) is 15.4. The third kappa shape index (κ3) is 5.80. The number of H-pyrrole nitrogens is 1. The molecule has 0 saturated carbocycles. The van der Waals surface area contributed by atoms with Gasteiger partial charge >= 0.3 is 12.9 Å². The predicted octanol–water partition coefficient (Wildman–Crippen LogP) is -1.71. The summed E-state index contributed by atoms with van der Waals surface area (Å²) < 4.78 is 44.4. The number of nitrogens with two attached hydrogens (primary N) is 2. The number of hydrogen-bond donors (Lipinski definition) is 7. The van der Waals surface area contributed by atoms with Crippen molar-refractivity contribution in [1.82, 2.24) is 39.0 Å². The molecule has 4 aromatic heterocycles. The van der Waals surface area contributed by atoms with Crippen LogP contribution in [0, 0.1) is 0 Å². The number of carboxylic acid groups (broad SMARTS) is 1. The second kappa shape index (κ2) is 11.8. The molecule has 0 aromatic carbocycles. The number of imidazole rings is 2. The zero-order valence-corrected chi connectivity index (χ0v) is 24.1. The van der Waals surface area contributed by atoms with Crippen molar-refractivity contribution in [2.24, 2.45) is 0 Å². The molecule has 2 fully saturated rings. The minimum Gasteiger partial charge on any atom is -0.450 e. The van der Waals surface area contributed by atoms with Crippen molar-refractivity contribution in [3.8, 4) is 0 Å². The fraction of sp³-hybridized carbons (Fsp3) is 0.476. The molecule has 2 aliphatic heterocycles. The molecule has 6 heterocycles. The summed E-state index contributed by atoms with van der Waals surface area (Å²) in [5, 5.41) is 30.4. The minimum atomic E-state index is -4.37. The summed E-state index contributed by atoms with van der Waals surface area (Å²) in [5.74, 6) is -0.223. The monoisotopic (exact) mass is 674 g/mol. The van der Waals surface area contributed by atoms with Crippen LogP contribution in [0.3, 0.4) is 0 Å². The van der Waals surface area contributed by atoms with Gasteiger partial charge in [0, 0.05) is 0 Å². The van der Waals surface area contributed by atoms with Crippen molar-refractivity contribution in [2.45, 2.75) is 49.1 Å². The number of fused-ring (bicyclic) bond motifs is 2. The lowest BCUT2D eigenvalue weighted by atomic mass is 10.1. The third-order valence-electron chi connectivity index (χ3n) is 7.02. The first kappa shape index (κ1) is 31.1. The maximum atomic E-state index is 15.2. The van der Waals surface area contributed by atoms with Crippen molar-refractivity contribution in [3.63, 3.8) is 0 Å². The van der Waals surface area contributed by atoms with Gasteiger partial charge < -0.3 is 50.4 Å². The van der Waals surface area contributed by atoms with E-state index in [-0.39, 0.29) is 34.1 Å². The van der Waals surface area contributed by atoms with Gasteiger partial charge in [0.1, 0.15) is 49.0 Å². The highest BCUT2D eigenvalue weighted by Crippen LogP contribution is 2.50. The van der Waals surface area contributed by atoms with E-state index in [4.69, 9.17) is 46.9 Å². The second-order valence-electron chi connectivity index (χ2n) is 9.83. The molecule has 24 heteroatoms. The Kier molecular flexibility index (Phi) is 8.13. The van der Waals surface area contributed by atoms with Crippen LogP contribution in [-0.2, 0) is 35.1 Å². The van der Waals surface area contributed by atoms with Gasteiger partial charge in [0.2, 0.25) is 5.95 Å². The van der Waals surface area contributed by atoms with Crippen LogP contribution in [0.1, 0.15) is 12.5 Å². The summed E-state index contributed by atoms with van der Waals surface area (Å²) in [4.78, 5) is 56.3. The van der Waals surface area contributed by atoms with Crippen molar-refractivity contribution >= 4 is 58.8 Å². The van der Waals surface area contributed by atoms with Gasteiger partial charge in [-0.3, -0.25) is 23.4 Å². The molecule has 4 aromatic rings. The largest absolute Gasteiger partial charge is 0.505 e. The standard InChI is InChI=1S/C21H24FN10O11PS/c22-8-11(33)7(41-18(8)31-4-27-9-14(23)25-3-26-15(9)31)2-40-44(38,45)43-13-12(34)6(1-39-21(36)37)42-19(13)32-5-28-10-16(32)29-20(24)30-17(10)35/h3-8,11-13,18-19,33-34H,1-2H2,(H,36,37)(H,38,45)(H2,23,25,26)(H3,24,29,30,35)/t6-,7-,8+,11?,12?,13+,18-,19-,44?/m1/s1. The van der Waals surface area contributed by atoms with Gasteiger partial charge in [-0.25, -0.2) is 29.1 Å². The number of hydrogen-bond acceptors (Lipinski definition) is 17. The molecule has 9 N–H and O–H groups in total. The van der Waals surface area contributed by atoms with Crippen molar-refractivity contribution in [3.05, 3.63) is 29.3 Å². The zero-order valence-electron chi connectivity index (χ0n) is 22.4. The number of nitrogens with zero attached hydrogens (tertiary/aromatic N) is 7. The molecule has 9 atom stereocenters. The zero-order chi connectivity index (χ0) is 32.2. The van der Waals surface area contributed by atoms with E-state index in [9.17, 15) is 24.7 Å². The summed E-state index contributed by atoms with van der Waals surface area (Å²) in [6, 6.07) is 0. The topological polar surface area (TPSA) is 303 Å². The fourth-order valence-electron chi connectivity index (χ4n) is 4.95. The number of carbonyl (C=O) groups is 1. The lowest BCUT2D eigenvalue weighted by Gasteiger charge is -2.27. The summed E-state index contributed by atoms with van der Waals surface area (Å²) in [6.45, 7) is -5.70. The van der Waals surface area contributed by atoms with Gasteiger partial charge in [-0.05, 0) is 11.8 Å². The highest BCUT2D eigenvalue weighted by Gasteiger charge is 2.50. The van der Waals surface area contributed by atoms with Gasteiger partial charge in [0.15, 0.2) is 41.3 Å². The van der Waals surface area contributed by atoms with E-state index in [0.717, 1.165) is 17.2 Å². The normalized spacial score (nSPS) is 29.8. The summed E-state index contributed by atoms with van der Waals surface area (Å²) >= 11 is 5.12. The van der Waals surface area contributed by atoms with Crippen molar-refractivity contribution in [2.75, 3.05) is 24.7 Å². The number of rotatable bonds is 9. The number of anilines is 2. The van der Waals surface area contributed by atoms with Gasteiger partial charge in [0.05, 0.1) is 19.3 Å². The molecule has 6 rings (SSSR count). The van der Waals surface area contributed by atoms with E-state index in [2.05, 4.69) is 34.6 Å². The Morgan fingerprint density at radius 2 is 1.71 bits per heavy atom. The van der Waals surface area contributed by atoms with E-state index in [0.29, 0.717) is 0 Å². The molecule has 2 aliphatic rings. The Morgan fingerprint density at radius 1 is 1.04 bits per heavy atom. The molecular formula is C21H24FN10O11PS. The molecule has 21 nitrogen and oxygen atoms in total. The van der Waals surface area contributed by atoms with Gasteiger partial charge in [-0.1, -0.05) is 0 Å². The first-order valence-electron chi connectivity index (χ1n) is 12.8. The predicted molar refractivity (Wildman–Crippen MR) is 148 cm³/mol. The Labute approximate surface area is 253 Å². The van der Waals surface area contributed by atoms with E-state index in [1.807, 2.05) is 0 Å². The number of alkyl halides is 1. The summed E-state index contributed by atoms with van der Waals surface area (Å²) in [7, 11) is 0. The molecule has 242 valence electrons. The molecule has 0 spiro atoms. The van der Waals surface area contributed by atoms with Crippen LogP contribution in [0.5, 0.6) is 0 Å². The molecule has 0 bridgehead atoms. The van der Waals surface area contributed by atoms with Crippen LogP contribution in [0.4, 0.5) is 21.0 Å². The maximum absolute atomic E-state index is 15.2. The number of halogens is 1. The lowest BCUT2D eigenvalue weighted by Crippen LogP contribution is -2.36. The average molecular weight is 675 g/mol. The van der Waals surface area contributed by atoms with Crippen molar-refractivity contribution < 1.29 is 52.7 Å². The number of aromatic nitrogens is 8. The van der Waals surface area contributed by atoms with Gasteiger partial charge in [-0.15, -0.1) is 0 Å². The SMILES string of the molecule is Nc1nc2c(ncn2[C@@H]2O[C@H](COC(=O)O)C(O)[C@@H]2OP(O)(=S)OC[C@H]2O[C@@H](n3cnc4c(N)ncnc43)[C@@H](F)C2O)c(=O)[nH]1. The number of aromatic amines is 1. The third-order valence-corrected chi connectivity index (χ3v) is 8.58. The Hall–Kier alpha value is -3.93. The number of aliphatic hydroxyl groups is 2. The van der Waals surface area contributed by atoms with E-state index >= 15 is 4.39 Å². The fourth-order valence-corrected chi connectivity index (χ4v) is 6.36. The molecule has 45 heavy (non-hydrogen) atoms. The van der Waals surface area contributed by atoms with Crippen LogP contribution < -0.4 is 17.0 Å². The van der Waals surface area contributed by atoms with E-state index < -0.39 is 80.8 Å². The highest BCUT2D eigenvalue weighted by atomic mass is 32.5. The molecular weight excluding hydrogens is 650 g/mol. The Bertz CT molecular complexity index is 1860. The molecule has 0 aliphatic carbocycles. The lowest BCUT2D eigenvalue weighted by molar-refractivity contribution is -0.0595. The van der Waals surface area contributed by atoms with E-state index in [1.165, 1.54) is 10.9 Å². The first-order chi connectivity index (χ1) is 21.3. The summed E-state index contributed by atoms with van der Waals surface area (Å²) in [5.41, 5.74) is 10.8. The molecule has 3 unspecified atom stereocenters. The number of aliphatic hydroxyl groups excluding tert-OH is 2. The highest BCUT2D eigenvalue weighted by molar-refractivity contribution is 8.07. The van der Waals surface area contributed by atoms with Crippen LogP contribution in [-0.4, -0.2) is 115 Å². The average Bonchev–Trinajstić information content (AvgIpc) is 3.73. The van der Waals surface area contributed by atoms with E-state index in [1.54, 1.807) is 0 Å². The van der Waals surface area contributed by atoms with Gasteiger partial charge in [-0.2, -0.15) is 4.98 Å². The number of ether oxygens (including phenoxy) is 3. The van der Waals surface area contributed by atoms with Crippen molar-refractivity contribution in [1.29, 1.82) is 0 Å². The quantitative estimate of drug-likeness (QED) is 0.0768. The molecule has 0 amide bonds. The molecule has 2 saturated heterocycles. The van der Waals surface area contributed by atoms with Gasteiger partial charge in [0.25, 0.3) is 5.56 Å². The second-order valence-corrected chi connectivity index (χ2v) is 12.6.